The Labute approximate surface area is 121 Å². The van der Waals surface area contributed by atoms with Gasteiger partial charge in [-0.25, -0.2) is 0 Å². The van der Waals surface area contributed by atoms with E-state index in [9.17, 15) is 9.59 Å². The Hall–Kier alpha value is -1.36. The molecule has 1 aliphatic rings. The fourth-order valence-corrected chi connectivity index (χ4v) is 2.41. The molecule has 0 radical (unpaired) electrons. The predicted octanol–water partition coefficient (Wildman–Crippen LogP) is 0.819. The highest BCUT2D eigenvalue weighted by atomic mass is 16.2. The van der Waals surface area contributed by atoms with E-state index in [1.54, 1.807) is 0 Å². The Morgan fingerprint density at radius 2 is 2.10 bits per heavy atom. The van der Waals surface area contributed by atoms with E-state index in [0.717, 1.165) is 6.54 Å². The molecule has 1 saturated heterocycles. The monoisotopic (exact) mass is 281 g/mol. The minimum atomic E-state index is -0.881. The third-order valence-corrected chi connectivity index (χ3v) is 3.41. The Bertz CT molecular complexity index is 387. The van der Waals surface area contributed by atoms with Gasteiger partial charge < -0.3 is 16.0 Å². The largest absolute Gasteiger partial charge is 0.353 e. The third-order valence-electron chi connectivity index (χ3n) is 3.41. The minimum Gasteiger partial charge on any atom is -0.353 e. The molecule has 0 aromatic rings. The Balaban J connectivity index is 2.84. The van der Waals surface area contributed by atoms with E-state index < -0.39 is 5.54 Å². The molecule has 0 aromatic carbocycles. The molecule has 5 nitrogen and oxygen atoms in total. The van der Waals surface area contributed by atoms with Crippen LogP contribution in [0, 0.1) is 11.3 Å². The van der Waals surface area contributed by atoms with E-state index in [1.165, 1.54) is 6.92 Å². The van der Waals surface area contributed by atoms with Crippen LogP contribution in [0.3, 0.4) is 0 Å². The number of rotatable bonds is 4. The number of nitrogens with one attached hydrogen (secondary N) is 3. The minimum absolute atomic E-state index is 0.00695. The van der Waals surface area contributed by atoms with Gasteiger partial charge in [-0.15, -0.1) is 6.58 Å². The quantitative estimate of drug-likeness (QED) is 0.668. The van der Waals surface area contributed by atoms with Crippen LogP contribution in [0.5, 0.6) is 0 Å². The van der Waals surface area contributed by atoms with Gasteiger partial charge in [0.1, 0.15) is 5.54 Å². The van der Waals surface area contributed by atoms with Gasteiger partial charge in [0.05, 0.1) is 0 Å². The first-order chi connectivity index (χ1) is 9.18. The van der Waals surface area contributed by atoms with Crippen LogP contribution in [0.2, 0.25) is 0 Å². The van der Waals surface area contributed by atoms with Crippen molar-refractivity contribution in [3.05, 3.63) is 12.7 Å². The lowest BCUT2D eigenvalue weighted by Crippen LogP contribution is -2.67. The lowest BCUT2D eigenvalue weighted by atomic mass is 9.82. The van der Waals surface area contributed by atoms with Gasteiger partial charge in [0.2, 0.25) is 11.8 Å². The van der Waals surface area contributed by atoms with Crippen molar-refractivity contribution in [2.24, 2.45) is 11.3 Å². The van der Waals surface area contributed by atoms with Crippen LogP contribution in [0.4, 0.5) is 0 Å². The van der Waals surface area contributed by atoms with Gasteiger partial charge in [-0.1, -0.05) is 26.8 Å². The molecule has 1 aliphatic heterocycles. The summed E-state index contributed by atoms with van der Waals surface area (Å²) in [6.45, 7) is 13.2. The van der Waals surface area contributed by atoms with Crippen LogP contribution in [-0.2, 0) is 9.59 Å². The first kappa shape index (κ1) is 16.7. The average molecular weight is 281 g/mol. The average Bonchev–Trinajstić information content (AvgIpc) is 2.34. The van der Waals surface area contributed by atoms with Crippen LogP contribution < -0.4 is 16.0 Å². The molecule has 0 aromatic heterocycles. The number of hydrogen-bond donors (Lipinski definition) is 3. The lowest BCUT2D eigenvalue weighted by molar-refractivity contribution is -0.134. The standard InChI is InChI=1S/C15H27N3O2/c1-6-12-7-15(10-16-8-12,18-11(2)19)13(20)17-9-14(3,4)5/h6,12,16H,1,7-10H2,2-5H3,(H,17,20)(H,18,19)/t12-,15+/m0/s1. The zero-order valence-corrected chi connectivity index (χ0v) is 13.0. The molecule has 5 heteroatoms. The molecular formula is C15H27N3O2. The normalized spacial score (nSPS) is 26.7. The summed E-state index contributed by atoms with van der Waals surface area (Å²) in [5.41, 5.74) is -0.874. The van der Waals surface area contributed by atoms with Crippen molar-refractivity contribution in [1.29, 1.82) is 0 Å². The molecule has 0 spiro atoms. The van der Waals surface area contributed by atoms with Crippen LogP contribution >= 0.6 is 0 Å². The number of carbonyl (C=O) groups excluding carboxylic acids is 2. The number of hydrogen-bond acceptors (Lipinski definition) is 3. The maximum Gasteiger partial charge on any atom is 0.247 e. The van der Waals surface area contributed by atoms with Gasteiger partial charge in [-0.3, -0.25) is 9.59 Å². The summed E-state index contributed by atoms with van der Waals surface area (Å²) in [5, 5.41) is 9.00. The zero-order valence-electron chi connectivity index (χ0n) is 13.0. The van der Waals surface area contributed by atoms with Gasteiger partial charge in [0, 0.05) is 26.6 Å². The van der Waals surface area contributed by atoms with Crippen LogP contribution in [-0.4, -0.2) is 37.0 Å². The first-order valence-corrected chi connectivity index (χ1v) is 7.09. The molecule has 0 unspecified atom stereocenters. The molecule has 3 N–H and O–H groups in total. The van der Waals surface area contributed by atoms with Crippen molar-refractivity contribution in [2.45, 2.75) is 39.7 Å². The third kappa shape index (κ3) is 4.63. The fourth-order valence-electron chi connectivity index (χ4n) is 2.41. The SMILES string of the molecule is C=C[C@@H]1CNC[C@@](NC(C)=O)(C(=O)NCC(C)(C)C)C1. The maximum absolute atomic E-state index is 12.6. The van der Waals surface area contributed by atoms with Crippen molar-refractivity contribution in [3.63, 3.8) is 0 Å². The molecule has 114 valence electrons. The second kappa shape index (κ2) is 6.39. The summed E-state index contributed by atoms with van der Waals surface area (Å²) in [5.74, 6) is -0.139. The van der Waals surface area contributed by atoms with Crippen molar-refractivity contribution >= 4 is 11.8 Å². The molecule has 2 atom stereocenters. The van der Waals surface area contributed by atoms with E-state index in [0.29, 0.717) is 19.5 Å². The summed E-state index contributed by atoms with van der Waals surface area (Å²) < 4.78 is 0. The summed E-state index contributed by atoms with van der Waals surface area (Å²) in [6.07, 6.45) is 2.42. The Morgan fingerprint density at radius 3 is 2.60 bits per heavy atom. The highest BCUT2D eigenvalue weighted by Crippen LogP contribution is 2.23. The lowest BCUT2D eigenvalue weighted by Gasteiger charge is -2.40. The summed E-state index contributed by atoms with van der Waals surface area (Å²) in [4.78, 5) is 24.0. The highest BCUT2D eigenvalue weighted by Gasteiger charge is 2.43. The number of carbonyl (C=O) groups is 2. The van der Waals surface area contributed by atoms with E-state index in [1.807, 2.05) is 6.08 Å². The van der Waals surface area contributed by atoms with Gasteiger partial charge in [0.25, 0.3) is 0 Å². The molecule has 20 heavy (non-hydrogen) atoms. The van der Waals surface area contributed by atoms with E-state index >= 15 is 0 Å². The van der Waals surface area contributed by atoms with Crippen LogP contribution in [0.25, 0.3) is 0 Å². The molecule has 0 saturated carbocycles. The fraction of sp³-hybridized carbons (Fsp3) is 0.733. The van der Waals surface area contributed by atoms with Crippen molar-refractivity contribution in [2.75, 3.05) is 19.6 Å². The van der Waals surface area contributed by atoms with Crippen LogP contribution in [0.1, 0.15) is 34.1 Å². The maximum atomic E-state index is 12.6. The molecule has 1 heterocycles. The summed E-state index contributed by atoms with van der Waals surface area (Å²) in [6, 6.07) is 0. The summed E-state index contributed by atoms with van der Waals surface area (Å²) >= 11 is 0. The predicted molar refractivity (Wildman–Crippen MR) is 80.2 cm³/mol. The van der Waals surface area contributed by atoms with E-state index in [-0.39, 0.29) is 23.1 Å². The Kier molecular flexibility index (Phi) is 5.34. The molecule has 1 rings (SSSR count). The number of amides is 2. The van der Waals surface area contributed by atoms with Crippen molar-refractivity contribution in [3.8, 4) is 0 Å². The molecule has 2 amide bonds. The highest BCUT2D eigenvalue weighted by molar-refractivity contribution is 5.91. The van der Waals surface area contributed by atoms with Crippen molar-refractivity contribution in [1.82, 2.24) is 16.0 Å². The summed E-state index contributed by atoms with van der Waals surface area (Å²) in [7, 11) is 0. The van der Waals surface area contributed by atoms with Gasteiger partial charge in [0.15, 0.2) is 0 Å². The molecule has 1 fully saturated rings. The smallest absolute Gasteiger partial charge is 0.247 e. The van der Waals surface area contributed by atoms with E-state index in [2.05, 4.69) is 43.3 Å². The molecule has 0 aliphatic carbocycles. The second-order valence-corrected chi connectivity index (χ2v) is 6.84. The van der Waals surface area contributed by atoms with Gasteiger partial charge in [-0.2, -0.15) is 0 Å². The molecule has 0 bridgehead atoms. The van der Waals surface area contributed by atoms with Crippen LogP contribution in [0.15, 0.2) is 12.7 Å². The van der Waals surface area contributed by atoms with Crippen molar-refractivity contribution < 1.29 is 9.59 Å². The first-order valence-electron chi connectivity index (χ1n) is 7.09. The Morgan fingerprint density at radius 1 is 1.45 bits per heavy atom. The van der Waals surface area contributed by atoms with E-state index in [4.69, 9.17) is 0 Å². The topological polar surface area (TPSA) is 70.2 Å². The zero-order chi connectivity index (χ0) is 15.4. The molecular weight excluding hydrogens is 254 g/mol. The number of piperidine rings is 1. The van der Waals surface area contributed by atoms with Gasteiger partial charge in [-0.05, 0) is 17.8 Å². The second-order valence-electron chi connectivity index (χ2n) is 6.84. The van der Waals surface area contributed by atoms with Gasteiger partial charge >= 0.3 is 0 Å².